The number of rotatable bonds is 5. The monoisotopic (exact) mass is 409 g/mol. The van der Waals surface area contributed by atoms with Crippen LogP contribution in [0.1, 0.15) is 5.56 Å². The number of anilines is 1. The molecule has 0 unspecified atom stereocenters. The maximum atomic E-state index is 13.1. The molecule has 0 saturated heterocycles. The molecule has 0 aliphatic carbocycles. The van der Waals surface area contributed by atoms with Crippen molar-refractivity contribution in [3.8, 4) is 11.3 Å². The fourth-order valence-corrected chi connectivity index (χ4v) is 3.45. The van der Waals surface area contributed by atoms with Crippen LogP contribution in [0.15, 0.2) is 60.0 Å². The van der Waals surface area contributed by atoms with Crippen molar-refractivity contribution in [2.24, 2.45) is 0 Å². The van der Waals surface area contributed by atoms with Crippen molar-refractivity contribution < 1.29 is 14.1 Å². The number of halogens is 1. The summed E-state index contributed by atoms with van der Waals surface area (Å²) < 4.78 is 14.7. The summed E-state index contributed by atoms with van der Waals surface area (Å²) in [5.74, 6) is -0.686. The summed E-state index contributed by atoms with van der Waals surface area (Å²) in [6.45, 7) is 0. The van der Waals surface area contributed by atoms with Gasteiger partial charge in [-0.15, -0.1) is 16.4 Å². The van der Waals surface area contributed by atoms with Crippen LogP contribution in [-0.4, -0.2) is 25.4 Å². The molecule has 2 aromatic carbocycles. The lowest BCUT2D eigenvalue weighted by Gasteiger charge is -1.98. The summed E-state index contributed by atoms with van der Waals surface area (Å²) in [5.41, 5.74) is 1.96. The molecule has 10 heteroatoms. The largest absolute Gasteiger partial charge is 0.290 e. The Kier molecular flexibility index (Phi) is 4.83. The summed E-state index contributed by atoms with van der Waals surface area (Å²) in [7, 11) is 0. The van der Waals surface area contributed by atoms with Crippen LogP contribution in [0.2, 0.25) is 0 Å². The van der Waals surface area contributed by atoms with Crippen LogP contribution in [0, 0.1) is 15.9 Å². The molecule has 0 radical (unpaired) electrons. The molecule has 0 aliphatic heterocycles. The molecule has 4 rings (SSSR count). The Morgan fingerprint density at radius 3 is 2.79 bits per heavy atom. The first-order valence-electron chi connectivity index (χ1n) is 8.33. The van der Waals surface area contributed by atoms with E-state index in [0.717, 1.165) is 11.3 Å². The molecule has 1 amide bonds. The van der Waals surface area contributed by atoms with Crippen molar-refractivity contribution in [3.63, 3.8) is 0 Å². The second-order valence-electron chi connectivity index (χ2n) is 5.93. The molecule has 2 heterocycles. The van der Waals surface area contributed by atoms with Crippen LogP contribution in [0.5, 0.6) is 0 Å². The number of benzene rings is 2. The third-order valence-corrected chi connectivity index (χ3v) is 4.78. The number of amides is 1. The first-order valence-corrected chi connectivity index (χ1v) is 9.21. The summed E-state index contributed by atoms with van der Waals surface area (Å²) in [6.07, 6.45) is 2.71. The minimum absolute atomic E-state index is 0.0584. The zero-order valence-electron chi connectivity index (χ0n) is 14.7. The number of nitrogens with zero attached hydrogens (tertiary/aromatic N) is 4. The van der Waals surface area contributed by atoms with E-state index in [2.05, 4.69) is 15.4 Å². The van der Waals surface area contributed by atoms with E-state index in [9.17, 15) is 19.3 Å². The number of carbonyl (C=O) groups excluding carboxylic acids is 1. The molecular weight excluding hydrogens is 397 g/mol. The van der Waals surface area contributed by atoms with E-state index in [4.69, 9.17) is 0 Å². The highest BCUT2D eigenvalue weighted by Crippen LogP contribution is 2.26. The lowest BCUT2D eigenvalue weighted by Crippen LogP contribution is -2.09. The lowest BCUT2D eigenvalue weighted by molar-refractivity contribution is -0.384. The smallest absolute Gasteiger partial charge is 0.270 e. The summed E-state index contributed by atoms with van der Waals surface area (Å²) >= 11 is 1.34. The Balaban J connectivity index is 1.51. The maximum Gasteiger partial charge on any atom is 0.270 e. The van der Waals surface area contributed by atoms with E-state index < -0.39 is 10.8 Å². The van der Waals surface area contributed by atoms with Crippen molar-refractivity contribution in [1.29, 1.82) is 0 Å². The van der Waals surface area contributed by atoms with Gasteiger partial charge in [0.05, 0.1) is 10.6 Å². The highest BCUT2D eigenvalue weighted by atomic mass is 32.1. The quantitative estimate of drug-likeness (QED) is 0.303. The fraction of sp³-hybridized carbons (Fsp3) is 0. The second kappa shape index (κ2) is 7.60. The van der Waals surface area contributed by atoms with Gasteiger partial charge in [0.15, 0.2) is 0 Å². The van der Waals surface area contributed by atoms with Crippen LogP contribution in [-0.2, 0) is 4.79 Å². The number of fused-ring (bicyclic) bond motifs is 1. The molecule has 0 saturated carbocycles. The molecule has 2 aromatic heterocycles. The molecule has 0 aliphatic rings. The molecule has 4 aromatic rings. The average Bonchev–Trinajstić information content (AvgIpc) is 3.27. The SMILES string of the molecule is O=C(/C=C/c1cccc([N+](=O)[O-])c1)Nc1nc2scc(-c3ccc(F)cc3)n2n1. The summed E-state index contributed by atoms with van der Waals surface area (Å²) in [5, 5.41) is 19.5. The van der Waals surface area contributed by atoms with E-state index in [-0.39, 0.29) is 17.5 Å². The fourth-order valence-electron chi connectivity index (χ4n) is 2.62. The Morgan fingerprint density at radius 2 is 2.03 bits per heavy atom. The lowest BCUT2D eigenvalue weighted by atomic mass is 10.2. The minimum atomic E-state index is -0.502. The Bertz CT molecular complexity index is 1250. The Hall–Kier alpha value is -3.92. The van der Waals surface area contributed by atoms with E-state index in [1.165, 1.54) is 53.8 Å². The van der Waals surface area contributed by atoms with Gasteiger partial charge in [0, 0.05) is 29.2 Å². The standard InChI is InChI=1S/C19H12FN5O3S/c20-14-7-5-13(6-8-14)16-11-29-19-22-18(23-24(16)19)21-17(26)9-4-12-2-1-3-15(10-12)25(27)28/h1-11H,(H,21,23,26)/b9-4+. The highest BCUT2D eigenvalue weighted by Gasteiger charge is 2.13. The molecule has 8 nitrogen and oxygen atoms in total. The van der Waals surface area contributed by atoms with Crippen LogP contribution >= 0.6 is 11.3 Å². The van der Waals surface area contributed by atoms with Crippen molar-refractivity contribution >= 4 is 39.9 Å². The predicted octanol–water partition coefficient (Wildman–Crippen LogP) is 4.16. The zero-order chi connectivity index (χ0) is 20.4. The van der Waals surface area contributed by atoms with E-state index in [1.807, 2.05) is 5.38 Å². The average molecular weight is 409 g/mol. The van der Waals surface area contributed by atoms with Gasteiger partial charge in [-0.3, -0.25) is 20.2 Å². The number of hydrogen-bond acceptors (Lipinski definition) is 6. The molecule has 0 bridgehead atoms. The topological polar surface area (TPSA) is 102 Å². The van der Waals surface area contributed by atoms with Gasteiger partial charge in [-0.25, -0.2) is 8.91 Å². The minimum Gasteiger partial charge on any atom is -0.290 e. The van der Waals surface area contributed by atoms with Gasteiger partial charge in [0.2, 0.25) is 4.96 Å². The Labute approximate surface area is 167 Å². The number of hydrogen-bond donors (Lipinski definition) is 1. The normalized spacial score (nSPS) is 11.2. The van der Waals surface area contributed by atoms with Gasteiger partial charge in [-0.2, -0.15) is 4.98 Å². The van der Waals surface area contributed by atoms with Crippen LogP contribution in [0.3, 0.4) is 0 Å². The number of nitrogens with one attached hydrogen (secondary N) is 1. The summed E-state index contributed by atoms with van der Waals surface area (Å²) in [4.78, 5) is 27.3. The molecule has 0 atom stereocenters. The third kappa shape index (κ3) is 4.01. The van der Waals surface area contributed by atoms with Crippen molar-refractivity contribution in [1.82, 2.24) is 14.6 Å². The van der Waals surface area contributed by atoms with Gasteiger partial charge in [0.25, 0.3) is 17.5 Å². The van der Waals surface area contributed by atoms with Crippen LogP contribution in [0.4, 0.5) is 16.0 Å². The molecule has 0 fully saturated rings. The van der Waals surface area contributed by atoms with E-state index in [0.29, 0.717) is 10.5 Å². The van der Waals surface area contributed by atoms with Crippen molar-refractivity contribution in [2.45, 2.75) is 0 Å². The maximum absolute atomic E-state index is 13.1. The molecule has 144 valence electrons. The van der Waals surface area contributed by atoms with Gasteiger partial charge < -0.3 is 0 Å². The molecule has 1 N–H and O–H groups in total. The zero-order valence-corrected chi connectivity index (χ0v) is 15.5. The first kappa shape index (κ1) is 18.4. The number of non-ortho nitro benzene ring substituents is 1. The number of thiazole rings is 1. The van der Waals surface area contributed by atoms with E-state index in [1.54, 1.807) is 22.7 Å². The Morgan fingerprint density at radius 1 is 1.24 bits per heavy atom. The van der Waals surface area contributed by atoms with Gasteiger partial charge in [-0.1, -0.05) is 12.1 Å². The first-order chi connectivity index (χ1) is 14.0. The number of aromatic nitrogens is 3. The van der Waals surface area contributed by atoms with Gasteiger partial charge in [-0.05, 0) is 35.9 Å². The molecular formula is C19H12FN5O3S. The number of nitro groups is 1. The number of carbonyl (C=O) groups is 1. The summed E-state index contributed by atoms with van der Waals surface area (Å²) in [6, 6.07) is 11.9. The molecule has 29 heavy (non-hydrogen) atoms. The highest BCUT2D eigenvalue weighted by molar-refractivity contribution is 7.15. The number of nitro benzene ring substituents is 1. The van der Waals surface area contributed by atoms with Crippen molar-refractivity contribution in [2.75, 3.05) is 5.32 Å². The second-order valence-corrected chi connectivity index (χ2v) is 6.77. The van der Waals surface area contributed by atoms with Gasteiger partial charge in [0.1, 0.15) is 5.82 Å². The molecule has 0 spiro atoms. The van der Waals surface area contributed by atoms with Crippen molar-refractivity contribution in [3.05, 3.63) is 81.5 Å². The third-order valence-electron chi connectivity index (χ3n) is 3.96. The van der Waals surface area contributed by atoms with E-state index >= 15 is 0 Å². The van der Waals surface area contributed by atoms with Crippen LogP contribution < -0.4 is 5.32 Å². The predicted molar refractivity (Wildman–Crippen MR) is 107 cm³/mol. The van der Waals surface area contributed by atoms with Gasteiger partial charge >= 0.3 is 0 Å². The van der Waals surface area contributed by atoms with Crippen LogP contribution in [0.25, 0.3) is 22.3 Å².